The highest BCUT2D eigenvalue weighted by Gasteiger charge is 2.15. The molecular formula is C15H22N2O. The van der Waals surface area contributed by atoms with Gasteiger partial charge in [-0.05, 0) is 25.8 Å². The van der Waals surface area contributed by atoms with Gasteiger partial charge in [0.2, 0.25) is 0 Å². The zero-order valence-corrected chi connectivity index (χ0v) is 11.4. The van der Waals surface area contributed by atoms with Crippen LogP contribution in [0.5, 0.6) is 0 Å². The Hall–Kier alpha value is -1.77. The SMILES string of the molecule is CC/C=C/NC(=O)N(Cc1ccccc1)C(C)C. The number of nitrogens with zero attached hydrogens (tertiary/aromatic N) is 1. The van der Waals surface area contributed by atoms with Gasteiger partial charge in [0, 0.05) is 18.8 Å². The summed E-state index contributed by atoms with van der Waals surface area (Å²) in [6.45, 7) is 6.70. The summed E-state index contributed by atoms with van der Waals surface area (Å²) in [5, 5.41) is 2.79. The largest absolute Gasteiger partial charge is 0.321 e. The minimum Gasteiger partial charge on any atom is -0.318 e. The lowest BCUT2D eigenvalue weighted by atomic mass is 10.2. The first kappa shape index (κ1) is 14.3. The third-order valence-electron chi connectivity index (χ3n) is 2.64. The average Bonchev–Trinajstić information content (AvgIpc) is 2.37. The maximum atomic E-state index is 12.0. The molecule has 0 aromatic heterocycles. The van der Waals surface area contributed by atoms with Gasteiger partial charge < -0.3 is 10.2 Å². The van der Waals surface area contributed by atoms with E-state index in [1.807, 2.05) is 62.1 Å². The summed E-state index contributed by atoms with van der Waals surface area (Å²) in [5.74, 6) is 0. The maximum Gasteiger partial charge on any atom is 0.321 e. The van der Waals surface area contributed by atoms with Crippen LogP contribution in [0, 0.1) is 0 Å². The fraction of sp³-hybridized carbons (Fsp3) is 0.400. The molecule has 0 aliphatic heterocycles. The Balaban J connectivity index is 2.65. The second-order valence-corrected chi connectivity index (χ2v) is 4.47. The minimum absolute atomic E-state index is 0.0569. The van der Waals surface area contributed by atoms with E-state index in [1.54, 1.807) is 6.20 Å². The molecule has 0 aliphatic rings. The molecule has 0 saturated heterocycles. The van der Waals surface area contributed by atoms with Crippen LogP contribution in [0.2, 0.25) is 0 Å². The van der Waals surface area contributed by atoms with E-state index in [0.717, 1.165) is 12.0 Å². The molecule has 3 heteroatoms. The van der Waals surface area contributed by atoms with Gasteiger partial charge in [0.05, 0.1) is 0 Å². The first-order chi connectivity index (χ1) is 8.65. The van der Waals surface area contributed by atoms with Gasteiger partial charge in [-0.25, -0.2) is 4.79 Å². The van der Waals surface area contributed by atoms with E-state index >= 15 is 0 Å². The molecule has 0 saturated carbocycles. The summed E-state index contributed by atoms with van der Waals surface area (Å²) in [5.41, 5.74) is 1.14. The standard InChI is InChI=1S/C15H22N2O/c1-4-5-11-16-15(18)17(13(2)3)12-14-9-7-6-8-10-14/h5-11,13H,4,12H2,1-3H3,(H,16,18)/b11-5+. The summed E-state index contributed by atoms with van der Waals surface area (Å²) < 4.78 is 0. The van der Waals surface area contributed by atoms with Crippen molar-refractivity contribution in [1.82, 2.24) is 10.2 Å². The molecule has 0 radical (unpaired) electrons. The predicted molar refractivity (Wildman–Crippen MR) is 75.1 cm³/mol. The molecule has 2 amide bonds. The summed E-state index contributed by atoms with van der Waals surface area (Å²) in [7, 11) is 0. The summed E-state index contributed by atoms with van der Waals surface area (Å²) >= 11 is 0. The Bertz CT molecular complexity index is 385. The van der Waals surface area contributed by atoms with Gasteiger partial charge in [-0.2, -0.15) is 0 Å². The first-order valence-corrected chi connectivity index (χ1v) is 6.41. The molecule has 18 heavy (non-hydrogen) atoms. The summed E-state index contributed by atoms with van der Waals surface area (Å²) in [6.07, 6.45) is 4.56. The number of benzene rings is 1. The Morgan fingerprint density at radius 3 is 2.56 bits per heavy atom. The van der Waals surface area contributed by atoms with Crippen LogP contribution in [0.25, 0.3) is 0 Å². The molecule has 1 rings (SSSR count). The van der Waals surface area contributed by atoms with Gasteiger partial charge in [-0.1, -0.05) is 43.3 Å². The number of amides is 2. The molecular weight excluding hydrogens is 224 g/mol. The number of carbonyl (C=O) groups excluding carboxylic acids is 1. The van der Waals surface area contributed by atoms with Gasteiger partial charge in [0.25, 0.3) is 0 Å². The molecule has 0 bridgehead atoms. The van der Waals surface area contributed by atoms with Crippen molar-refractivity contribution < 1.29 is 4.79 Å². The zero-order chi connectivity index (χ0) is 13.4. The van der Waals surface area contributed by atoms with Crippen LogP contribution in [0.3, 0.4) is 0 Å². The molecule has 1 N–H and O–H groups in total. The van der Waals surface area contributed by atoms with Crippen molar-refractivity contribution in [3.63, 3.8) is 0 Å². The van der Waals surface area contributed by atoms with Crippen LogP contribution >= 0.6 is 0 Å². The lowest BCUT2D eigenvalue weighted by molar-refractivity contribution is 0.183. The Labute approximate surface area is 109 Å². The topological polar surface area (TPSA) is 32.3 Å². The number of hydrogen-bond donors (Lipinski definition) is 1. The second-order valence-electron chi connectivity index (χ2n) is 4.47. The molecule has 3 nitrogen and oxygen atoms in total. The lowest BCUT2D eigenvalue weighted by Crippen LogP contribution is -2.41. The number of allylic oxidation sites excluding steroid dienone is 1. The first-order valence-electron chi connectivity index (χ1n) is 6.41. The number of nitrogens with one attached hydrogen (secondary N) is 1. The molecule has 0 fully saturated rings. The Kier molecular flexibility index (Phi) is 5.98. The number of rotatable bonds is 5. The third-order valence-corrected chi connectivity index (χ3v) is 2.64. The van der Waals surface area contributed by atoms with Crippen molar-refractivity contribution in [2.24, 2.45) is 0 Å². The van der Waals surface area contributed by atoms with Crippen molar-refractivity contribution in [2.45, 2.75) is 39.8 Å². The molecule has 0 heterocycles. The number of carbonyl (C=O) groups is 1. The third kappa shape index (κ3) is 4.62. The summed E-state index contributed by atoms with van der Waals surface area (Å²) in [4.78, 5) is 13.8. The Morgan fingerprint density at radius 2 is 2.00 bits per heavy atom. The monoisotopic (exact) mass is 246 g/mol. The van der Waals surface area contributed by atoms with Crippen LogP contribution in [0.4, 0.5) is 4.79 Å². The quantitative estimate of drug-likeness (QED) is 0.847. The van der Waals surface area contributed by atoms with Crippen molar-refractivity contribution >= 4 is 6.03 Å². The molecule has 0 spiro atoms. The van der Waals surface area contributed by atoms with E-state index < -0.39 is 0 Å². The highest BCUT2D eigenvalue weighted by molar-refractivity contribution is 5.75. The van der Waals surface area contributed by atoms with Gasteiger partial charge in [-0.15, -0.1) is 0 Å². The molecule has 1 aromatic rings. The van der Waals surface area contributed by atoms with Crippen LogP contribution in [0.15, 0.2) is 42.6 Å². The maximum absolute atomic E-state index is 12.0. The van der Waals surface area contributed by atoms with Crippen molar-refractivity contribution in [3.05, 3.63) is 48.2 Å². The smallest absolute Gasteiger partial charge is 0.318 e. The van der Waals surface area contributed by atoms with E-state index in [1.165, 1.54) is 0 Å². The second kappa shape index (κ2) is 7.54. The molecule has 0 unspecified atom stereocenters. The van der Waals surface area contributed by atoms with Crippen molar-refractivity contribution in [2.75, 3.05) is 0 Å². The summed E-state index contributed by atoms with van der Waals surface area (Å²) in [6, 6.07) is 10.1. The van der Waals surface area contributed by atoms with Gasteiger partial charge in [0.15, 0.2) is 0 Å². The number of hydrogen-bond acceptors (Lipinski definition) is 1. The van der Waals surface area contributed by atoms with E-state index in [2.05, 4.69) is 5.32 Å². The normalized spacial score (nSPS) is 10.9. The van der Waals surface area contributed by atoms with Gasteiger partial charge in [-0.3, -0.25) is 0 Å². The van der Waals surface area contributed by atoms with Gasteiger partial charge in [0.1, 0.15) is 0 Å². The van der Waals surface area contributed by atoms with Crippen LogP contribution in [-0.2, 0) is 6.54 Å². The van der Waals surface area contributed by atoms with Crippen LogP contribution in [0.1, 0.15) is 32.8 Å². The minimum atomic E-state index is -0.0569. The van der Waals surface area contributed by atoms with E-state index in [0.29, 0.717) is 6.54 Å². The predicted octanol–water partition coefficient (Wildman–Crippen LogP) is 3.53. The zero-order valence-electron chi connectivity index (χ0n) is 11.4. The highest BCUT2D eigenvalue weighted by atomic mass is 16.2. The molecule has 1 aromatic carbocycles. The van der Waals surface area contributed by atoms with Crippen LogP contribution < -0.4 is 5.32 Å². The highest BCUT2D eigenvalue weighted by Crippen LogP contribution is 2.08. The van der Waals surface area contributed by atoms with Crippen LogP contribution in [-0.4, -0.2) is 17.0 Å². The Morgan fingerprint density at radius 1 is 1.33 bits per heavy atom. The fourth-order valence-corrected chi connectivity index (χ4v) is 1.60. The number of urea groups is 1. The molecule has 0 aliphatic carbocycles. The van der Waals surface area contributed by atoms with Gasteiger partial charge >= 0.3 is 6.03 Å². The molecule has 98 valence electrons. The van der Waals surface area contributed by atoms with E-state index in [-0.39, 0.29) is 12.1 Å². The molecule has 0 atom stereocenters. The van der Waals surface area contributed by atoms with Crippen molar-refractivity contribution in [1.29, 1.82) is 0 Å². The fourth-order valence-electron chi connectivity index (χ4n) is 1.60. The van der Waals surface area contributed by atoms with E-state index in [9.17, 15) is 4.79 Å². The lowest BCUT2D eigenvalue weighted by Gasteiger charge is -2.26. The average molecular weight is 246 g/mol. The van der Waals surface area contributed by atoms with Crippen molar-refractivity contribution in [3.8, 4) is 0 Å². The van der Waals surface area contributed by atoms with E-state index in [4.69, 9.17) is 0 Å².